The number of aryl methyl sites for hydroxylation is 5. The van der Waals surface area contributed by atoms with Crippen LogP contribution in [0.4, 0.5) is 29.0 Å². The molecule has 17 heterocycles. The van der Waals surface area contributed by atoms with E-state index in [4.69, 9.17) is 43.2 Å². The van der Waals surface area contributed by atoms with Crippen molar-refractivity contribution in [2.24, 2.45) is 5.92 Å². The highest BCUT2D eigenvalue weighted by Gasteiger charge is 2.18. The van der Waals surface area contributed by atoms with Crippen molar-refractivity contribution in [3.63, 3.8) is 0 Å². The molecule has 1 saturated heterocycles. The molecule has 0 bridgehead atoms. The van der Waals surface area contributed by atoms with Crippen LogP contribution in [0.15, 0.2) is 297 Å². The fraction of sp³-hybridized carbons (Fsp3) is 0.359. The number of anilines is 5. The molecule has 16 aromatic rings. The quantitative estimate of drug-likeness (QED) is 0.0480. The summed E-state index contributed by atoms with van der Waals surface area (Å²) < 4.78 is 41.1. The van der Waals surface area contributed by atoms with Gasteiger partial charge in [0.2, 0.25) is 35.3 Å². The van der Waals surface area contributed by atoms with Crippen molar-refractivity contribution >= 4 is 29.0 Å². The number of aromatic nitrogens is 31. The third-order valence-electron chi connectivity index (χ3n) is 17.1. The van der Waals surface area contributed by atoms with Gasteiger partial charge in [-0.05, 0) is 148 Å². The van der Waals surface area contributed by atoms with Crippen molar-refractivity contribution in [1.29, 1.82) is 5.26 Å². The summed E-state index contributed by atoms with van der Waals surface area (Å²) in [6.07, 6.45) is 56.0. The lowest BCUT2D eigenvalue weighted by Crippen LogP contribution is -2.26. The van der Waals surface area contributed by atoms with Crippen LogP contribution in [0.3, 0.4) is 0 Å². The van der Waals surface area contributed by atoms with Crippen LogP contribution in [0, 0.1) is 38.0 Å². The standard InChI is InChI=1S/C10H15N3O.C8H13N3O.C7H10N2O2.3C7H10N2O.C7H10N2.C6H5N3.3C6H9N3.C6H8N2O.C6H8N2.2C5H6N2.C4H4N2/c1-13(6-9-3-5-14-7-9)10-2-4-11-8-12-10;1-11(2)5-6-12-8-3-4-9-7-10-8;1-10-4-5-11-7-2-3-8-6-9-7;1-6(2)10-7-3-4-8-5-9-7;1-3-6-4-7(10-2)9-5-8-6;1-2-5-10-7-3-4-8-6-9-7;1-9(2)7-3-5-8-6-4-7;1-5-2-6(3-7)9-4-8-5;3*1-9(2)6-3-4-7-5-8-6;1-2-9-6-3-4-7-5-8-6;1-2-6-3-4-7-5-8-6;1-5-2-6-4-7-3-5;1-5-2-3-6-4-7-5;1-2-5-4-6-3-1/h2,4,8-9H,3,5-7H2,1H3;3-4,7H,5-6H2,1-2H3;2-3,6H,4-5H2,1H3;3-6H,1-2H3;4-5H,3H2,1-2H3;3-4,6H,2,5H2,1H3;3-6H,1-2H3;2,4H,1H3;3*3-5H,1-2H3;3-5H,2H2,1H3;3-5H,2H2,1H3;2*2-4H,1H3;1-4H. The molecule has 1 fully saturated rings. The topological polar surface area (TPSA) is 517 Å². The lowest BCUT2D eigenvalue weighted by Gasteiger charge is -2.20. The Bertz CT molecular complexity index is 5440. The van der Waals surface area contributed by atoms with Gasteiger partial charge < -0.3 is 67.3 Å². The van der Waals surface area contributed by atoms with Crippen LogP contribution >= 0.6 is 0 Å². The van der Waals surface area contributed by atoms with Gasteiger partial charge in [0.05, 0.1) is 39.6 Å². The van der Waals surface area contributed by atoms with E-state index in [1.165, 1.54) is 87.9 Å². The highest BCUT2D eigenvalue weighted by Crippen LogP contribution is 2.17. The second-order valence-corrected chi connectivity index (χ2v) is 30.6. The molecule has 1 atom stereocenters. The minimum absolute atomic E-state index is 0.176. The van der Waals surface area contributed by atoms with Crippen LogP contribution in [0.5, 0.6) is 35.3 Å². The van der Waals surface area contributed by atoms with E-state index >= 15 is 0 Å². The van der Waals surface area contributed by atoms with Gasteiger partial charge in [-0.25, -0.2) is 150 Å². The van der Waals surface area contributed by atoms with Gasteiger partial charge in [-0.3, -0.25) is 4.98 Å². The Balaban J connectivity index is 0.000000539. The summed E-state index contributed by atoms with van der Waals surface area (Å²) in [5.41, 5.74) is 6.64. The number of nitrogens with zero attached hydrogens (tertiary/aromatic N) is 38. The van der Waals surface area contributed by atoms with Crippen LogP contribution in [-0.2, 0) is 22.3 Å². The Morgan fingerprint density at radius 3 is 1.06 bits per heavy atom. The molecule has 0 N–H and O–H groups in total. The molecular weight excluding hydrogens is 1900 g/mol. The summed E-state index contributed by atoms with van der Waals surface area (Å²) in [4.78, 5) is 131. The molecule has 0 amide bonds. The van der Waals surface area contributed by atoms with Crippen LogP contribution in [0.1, 0.15) is 88.4 Å². The third-order valence-corrected chi connectivity index (χ3v) is 17.1. The molecule has 149 heavy (non-hydrogen) atoms. The monoisotopic (exact) mass is 2040 g/mol. The Labute approximate surface area is 875 Å². The lowest BCUT2D eigenvalue weighted by molar-refractivity contribution is 0.143. The number of methoxy groups -OCH3 is 2. The first-order chi connectivity index (χ1) is 72.4. The second-order valence-electron chi connectivity index (χ2n) is 30.6. The van der Waals surface area contributed by atoms with Crippen molar-refractivity contribution in [2.45, 2.75) is 94.1 Å². The van der Waals surface area contributed by atoms with E-state index in [-0.39, 0.29) is 6.10 Å². The molecule has 0 aromatic carbocycles. The summed E-state index contributed by atoms with van der Waals surface area (Å²) in [6, 6.07) is 31.1. The number of hydrogen-bond donors (Lipinski definition) is 0. The summed E-state index contributed by atoms with van der Waals surface area (Å²) >= 11 is 0. The van der Waals surface area contributed by atoms with Crippen molar-refractivity contribution in [3.05, 3.63) is 331 Å². The summed E-state index contributed by atoms with van der Waals surface area (Å²) in [7, 11) is 25.0. The summed E-state index contributed by atoms with van der Waals surface area (Å²) in [6.45, 7) is 24.5. The Morgan fingerprint density at radius 1 is 0.362 bits per heavy atom. The van der Waals surface area contributed by atoms with Gasteiger partial charge >= 0.3 is 0 Å². The average molecular weight is 2040 g/mol. The molecule has 17 rings (SSSR count). The van der Waals surface area contributed by atoms with E-state index in [2.05, 4.69) is 185 Å². The first kappa shape index (κ1) is 128. The van der Waals surface area contributed by atoms with Crippen molar-refractivity contribution in [1.82, 2.24) is 159 Å². The van der Waals surface area contributed by atoms with E-state index in [1.54, 1.807) is 175 Å². The minimum atomic E-state index is 0.176. The Kier molecular flexibility index (Phi) is 74.6. The first-order valence-electron chi connectivity index (χ1n) is 46.8. The smallest absolute Gasteiger partial charge is 0.216 e. The maximum atomic E-state index is 8.32. The van der Waals surface area contributed by atoms with Gasteiger partial charge in [-0.15, -0.1) is 0 Å². The van der Waals surface area contributed by atoms with E-state index in [1.807, 2.05) is 199 Å². The first-order valence-corrected chi connectivity index (χ1v) is 46.8. The highest BCUT2D eigenvalue weighted by atomic mass is 16.5. The fourth-order valence-corrected chi connectivity index (χ4v) is 9.68. The maximum absolute atomic E-state index is 8.32. The zero-order chi connectivity index (χ0) is 109. The molecule has 1 aliphatic rings. The van der Waals surface area contributed by atoms with E-state index in [9.17, 15) is 0 Å². The van der Waals surface area contributed by atoms with Crippen molar-refractivity contribution < 1.29 is 37.9 Å². The number of nitriles is 1. The average Bonchev–Trinajstić information content (AvgIpc) is 1.75. The summed E-state index contributed by atoms with van der Waals surface area (Å²) in [5, 5.41) is 8.32. The largest absolute Gasteiger partial charge is 0.481 e. The second kappa shape index (κ2) is 87.1. The van der Waals surface area contributed by atoms with Gasteiger partial charge in [-0.2, -0.15) is 5.26 Å². The molecule has 1 aliphatic heterocycles. The zero-order valence-electron chi connectivity index (χ0n) is 89.3. The van der Waals surface area contributed by atoms with Crippen LogP contribution in [0.2, 0.25) is 0 Å². The maximum Gasteiger partial charge on any atom is 0.216 e. The van der Waals surface area contributed by atoms with Crippen LogP contribution in [-0.4, -0.2) is 317 Å². The van der Waals surface area contributed by atoms with Gasteiger partial charge in [0.1, 0.15) is 143 Å². The number of rotatable bonds is 25. The molecule has 0 radical (unpaired) electrons. The Hall–Kier alpha value is -17.5. The van der Waals surface area contributed by atoms with E-state index < -0.39 is 0 Å². The minimum Gasteiger partial charge on any atom is -0.481 e. The highest BCUT2D eigenvalue weighted by molar-refractivity contribution is 5.42. The normalized spacial score (nSPS) is 10.3. The SMILES string of the molecule is CC(C)Oc1ccncn1.CCCOc1ccncn1.CCOc1ccncn1.CCc1cc(OC)ncn1.CCc1ccncn1.CN(C)CCOc1ccncn1.CN(C)c1ccncc1.CN(C)c1ccncn1.CN(C)c1ccncn1.CN(C)c1ccncn1.CN(CC1CCOC1)c1ccncn1.COCCOc1ccncn1.Cc1cc(C#N)ncn1.Cc1ccncn1.Cc1cncnc1.c1cncnc1. The van der Waals surface area contributed by atoms with E-state index in [0.29, 0.717) is 73.3 Å². The van der Waals surface area contributed by atoms with Gasteiger partial charge in [0, 0.05) is 266 Å². The number of likely N-dealkylation sites (N-methyl/N-ethyl adjacent to an activating group) is 1. The molecule has 16 aromatic heterocycles. The van der Waals surface area contributed by atoms with Crippen molar-refractivity contribution in [2.75, 3.05) is 176 Å². The molecule has 0 saturated carbocycles. The fourth-order valence-electron chi connectivity index (χ4n) is 9.68. The number of hydrogen-bond acceptors (Lipinski definition) is 46. The molecule has 0 aliphatic carbocycles. The van der Waals surface area contributed by atoms with Crippen molar-refractivity contribution in [3.8, 4) is 41.3 Å². The summed E-state index contributed by atoms with van der Waals surface area (Å²) in [5.74, 6) is 8.19. The predicted octanol–water partition coefficient (Wildman–Crippen LogP) is 12.8. The lowest BCUT2D eigenvalue weighted by atomic mass is 10.1. The Morgan fingerprint density at radius 2 is 0.758 bits per heavy atom. The molecule has 792 valence electrons. The third kappa shape index (κ3) is 71.6. The predicted molar refractivity (Wildman–Crippen MR) is 573 cm³/mol. The molecule has 46 heteroatoms. The molecule has 46 nitrogen and oxygen atoms in total. The van der Waals surface area contributed by atoms with Gasteiger partial charge in [-0.1, -0.05) is 20.8 Å². The molecular formula is C103H142N38O8. The number of pyridine rings is 1. The van der Waals surface area contributed by atoms with Gasteiger partial charge in [0.25, 0.3) is 0 Å². The van der Waals surface area contributed by atoms with Gasteiger partial charge in [0.15, 0.2) is 0 Å². The number of ether oxygens (including phenoxy) is 8. The molecule has 0 spiro atoms. The molecule has 1 unspecified atom stereocenters. The van der Waals surface area contributed by atoms with E-state index in [0.717, 1.165) is 110 Å². The zero-order valence-corrected chi connectivity index (χ0v) is 89.3. The van der Waals surface area contributed by atoms with Crippen LogP contribution in [0.25, 0.3) is 0 Å². The van der Waals surface area contributed by atoms with Crippen LogP contribution < -0.4 is 52.9 Å².